The zero-order valence-corrected chi connectivity index (χ0v) is 13.5. The van der Waals surface area contributed by atoms with Crippen LogP contribution in [-0.4, -0.2) is 61.0 Å². The van der Waals surface area contributed by atoms with E-state index in [1.165, 1.54) is 19.3 Å². The molecule has 20 heavy (non-hydrogen) atoms. The molecule has 0 atom stereocenters. The van der Waals surface area contributed by atoms with E-state index < -0.39 is 0 Å². The van der Waals surface area contributed by atoms with Gasteiger partial charge in [0.05, 0.1) is 13.2 Å². The monoisotopic (exact) mass is 286 g/mol. The third kappa shape index (κ3) is 8.15. The Balaban J connectivity index is 0.000000321. The minimum absolute atomic E-state index is 0.151. The minimum atomic E-state index is 0.151. The lowest BCUT2D eigenvalue weighted by molar-refractivity contribution is -0.133. The Morgan fingerprint density at radius 1 is 0.750 bits per heavy atom. The zero-order chi connectivity index (χ0) is 15.4. The van der Waals surface area contributed by atoms with Crippen molar-refractivity contribution in [1.82, 2.24) is 9.80 Å². The van der Waals surface area contributed by atoms with Crippen molar-refractivity contribution in [3.8, 4) is 0 Å². The molecule has 2 amide bonds. The van der Waals surface area contributed by atoms with E-state index in [1.807, 2.05) is 18.7 Å². The van der Waals surface area contributed by atoms with E-state index in [4.69, 9.17) is 4.74 Å². The maximum atomic E-state index is 10.7. The average Bonchev–Trinajstić information content (AvgIpc) is 2.51. The molecule has 2 heterocycles. The highest BCUT2D eigenvalue weighted by Gasteiger charge is 2.11. The summed E-state index contributed by atoms with van der Waals surface area (Å²) in [7, 11) is 0. The number of piperidine rings is 1. The van der Waals surface area contributed by atoms with E-state index in [0.717, 1.165) is 26.2 Å². The van der Waals surface area contributed by atoms with Gasteiger partial charge in [0.1, 0.15) is 0 Å². The molecule has 5 nitrogen and oxygen atoms in total. The third-order valence-corrected chi connectivity index (χ3v) is 3.26. The molecule has 0 aliphatic carbocycles. The first-order valence-electron chi connectivity index (χ1n) is 7.70. The fourth-order valence-corrected chi connectivity index (χ4v) is 2.09. The first-order chi connectivity index (χ1) is 9.61. The maximum absolute atomic E-state index is 10.7. The Kier molecular flexibility index (Phi) is 11.1. The molecule has 2 aliphatic rings. The second kappa shape index (κ2) is 11.7. The lowest BCUT2D eigenvalue weighted by Gasteiger charge is -2.25. The van der Waals surface area contributed by atoms with Gasteiger partial charge in [-0.1, -0.05) is 13.8 Å². The van der Waals surface area contributed by atoms with E-state index in [1.54, 1.807) is 18.7 Å². The van der Waals surface area contributed by atoms with Gasteiger partial charge >= 0.3 is 0 Å². The highest BCUT2D eigenvalue weighted by atomic mass is 16.5. The fraction of sp³-hybridized carbons (Fsp3) is 0.867. The van der Waals surface area contributed by atoms with Gasteiger partial charge in [-0.25, -0.2) is 0 Å². The van der Waals surface area contributed by atoms with Crippen LogP contribution in [0.5, 0.6) is 0 Å². The van der Waals surface area contributed by atoms with E-state index in [-0.39, 0.29) is 11.8 Å². The predicted octanol–water partition coefficient (Wildman–Crippen LogP) is 1.91. The van der Waals surface area contributed by atoms with Crippen molar-refractivity contribution in [3.63, 3.8) is 0 Å². The number of amides is 2. The van der Waals surface area contributed by atoms with Crippen LogP contribution in [0.2, 0.25) is 0 Å². The largest absolute Gasteiger partial charge is 0.378 e. The van der Waals surface area contributed by atoms with Gasteiger partial charge in [0.25, 0.3) is 0 Å². The van der Waals surface area contributed by atoms with Gasteiger partial charge < -0.3 is 14.5 Å². The SMILES string of the molecule is CC.CC(=O)N1CCCCC1.CC(=O)N1CCOCC1. The molecule has 2 rings (SSSR count). The van der Waals surface area contributed by atoms with Crippen molar-refractivity contribution >= 4 is 11.8 Å². The molecule has 0 unspecified atom stereocenters. The minimum Gasteiger partial charge on any atom is -0.378 e. The van der Waals surface area contributed by atoms with Crippen LogP contribution in [0.1, 0.15) is 47.0 Å². The van der Waals surface area contributed by atoms with Crippen LogP contribution in [0.15, 0.2) is 0 Å². The molecule has 118 valence electrons. The summed E-state index contributed by atoms with van der Waals surface area (Å²) in [5.74, 6) is 0.382. The zero-order valence-electron chi connectivity index (χ0n) is 13.5. The highest BCUT2D eigenvalue weighted by Crippen LogP contribution is 2.07. The van der Waals surface area contributed by atoms with Crippen LogP contribution in [-0.2, 0) is 14.3 Å². The summed E-state index contributed by atoms with van der Waals surface area (Å²) in [6, 6.07) is 0. The number of nitrogens with zero attached hydrogens (tertiary/aromatic N) is 2. The summed E-state index contributed by atoms with van der Waals surface area (Å²) >= 11 is 0. The molecule has 0 aromatic rings. The second-order valence-electron chi connectivity index (χ2n) is 4.69. The van der Waals surface area contributed by atoms with Crippen LogP contribution >= 0.6 is 0 Å². The first kappa shape index (κ1) is 18.9. The van der Waals surface area contributed by atoms with Gasteiger partial charge in [-0.05, 0) is 19.3 Å². The predicted molar refractivity (Wildman–Crippen MR) is 80.5 cm³/mol. The molecule has 0 bridgehead atoms. The maximum Gasteiger partial charge on any atom is 0.219 e. The molecule has 0 aromatic carbocycles. The number of ether oxygens (including phenoxy) is 1. The van der Waals surface area contributed by atoms with Gasteiger partial charge in [-0.3, -0.25) is 9.59 Å². The highest BCUT2D eigenvalue weighted by molar-refractivity contribution is 5.73. The number of hydrogen-bond acceptors (Lipinski definition) is 3. The molecule has 2 fully saturated rings. The average molecular weight is 286 g/mol. The molecular weight excluding hydrogens is 256 g/mol. The summed E-state index contributed by atoms with van der Waals surface area (Å²) in [6.45, 7) is 12.1. The van der Waals surface area contributed by atoms with Gasteiger partial charge in [-0.15, -0.1) is 0 Å². The second-order valence-corrected chi connectivity index (χ2v) is 4.69. The quantitative estimate of drug-likeness (QED) is 0.683. The summed E-state index contributed by atoms with van der Waals surface area (Å²) in [5.41, 5.74) is 0. The van der Waals surface area contributed by atoms with Gasteiger partial charge in [0.2, 0.25) is 11.8 Å². The first-order valence-corrected chi connectivity index (χ1v) is 7.70. The number of likely N-dealkylation sites (tertiary alicyclic amines) is 1. The van der Waals surface area contributed by atoms with E-state index in [9.17, 15) is 9.59 Å². The van der Waals surface area contributed by atoms with E-state index in [0.29, 0.717) is 13.2 Å². The van der Waals surface area contributed by atoms with Crippen LogP contribution in [0.25, 0.3) is 0 Å². The standard InChI is InChI=1S/C7H13NO.C6H11NO2.C2H6/c1-7(9)8-5-3-2-4-6-8;1-6(8)7-2-4-9-5-3-7;1-2/h2-6H2,1H3;2-5H2,1H3;1-2H3. The smallest absolute Gasteiger partial charge is 0.219 e. The van der Waals surface area contributed by atoms with Crippen molar-refractivity contribution < 1.29 is 14.3 Å². The van der Waals surface area contributed by atoms with E-state index >= 15 is 0 Å². The molecule has 0 N–H and O–H groups in total. The summed E-state index contributed by atoms with van der Waals surface area (Å²) in [4.78, 5) is 25.1. The van der Waals surface area contributed by atoms with Crippen LogP contribution in [0.4, 0.5) is 0 Å². The van der Waals surface area contributed by atoms with E-state index in [2.05, 4.69) is 0 Å². The van der Waals surface area contributed by atoms with Crippen molar-refractivity contribution in [2.45, 2.75) is 47.0 Å². The molecule has 2 saturated heterocycles. The molecule has 2 aliphatic heterocycles. The number of carbonyl (C=O) groups excluding carboxylic acids is 2. The van der Waals surface area contributed by atoms with Gasteiger partial charge in [0.15, 0.2) is 0 Å². The molecule has 5 heteroatoms. The third-order valence-electron chi connectivity index (χ3n) is 3.26. The normalized spacial score (nSPS) is 18.2. The van der Waals surface area contributed by atoms with Gasteiger partial charge in [0, 0.05) is 40.0 Å². The molecule has 0 aromatic heterocycles. The number of carbonyl (C=O) groups is 2. The summed E-state index contributed by atoms with van der Waals surface area (Å²) in [6.07, 6.45) is 3.68. The number of rotatable bonds is 0. The fourth-order valence-electron chi connectivity index (χ4n) is 2.09. The Bertz CT molecular complexity index is 242. The Morgan fingerprint density at radius 2 is 1.15 bits per heavy atom. The van der Waals surface area contributed by atoms with Gasteiger partial charge in [-0.2, -0.15) is 0 Å². The summed E-state index contributed by atoms with van der Waals surface area (Å²) < 4.78 is 5.06. The molecular formula is C15H30N2O3. The lowest BCUT2D eigenvalue weighted by atomic mass is 10.1. The topological polar surface area (TPSA) is 49.9 Å². The Labute approximate surface area is 123 Å². The number of morpholine rings is 1. The molecule has 0 spiro atoms. The van der Waals surface area contributed by atoms with Crippen molar-refractivity contribution in [2.75, 3.05) is 39.4 Å². The summed E-state index contributed by atoms with van der Waals surface area (Å²) in [5, 5.41) is 0. The van der Waals surface area contributed by atoms with Crippen LogP contribution in [0, 0.1) is 0 Å². The lowest BCUT2D eigenvalue weighted by Crippen LogP contribution is -2.39. The van der Waals surface area contributed by atoms with Crippen molar-refractivity contribution in [3.05, 3.63) is 0 Å². The van der Waals surface area contributed by atoms with Crippen LogP contribution in [0.3, 0.4) is 0 Å². The van der Waals surface area contributed by atoms with Crippen LogP contribution < -0.4 is 0 Å². The number of hydrogen-bond donors (Lipinski definition) is 0. The van der Waals surface area contributed by atoms with Crippen molar-refractivity contribution in [2.24, 2.45) is 0 Å². The molecule has 0 radical (unpaired) electrons. The Morgan fingerprint density at radius 3 is 1.45 bits per heavy atom. The van der Waals surface area contributed by atoms with Crippen molar-refractivity contribution in [1.29, 1.82) is 0 Å². The Hall–Kier alpha value is -1.10. The molecule has 0 saturated carbocycles.